The number of nitrogens with zero attached hydrogens (tertiary/aromatic N) is 2. The van der Waals surface area contributed by atoms with E-state index in [9.17, 15) is 0 Å². The molecule has 0 spiro atoms. The monoisotopic (exact) mass is 420 g/mol. The summed E-state index contributed by atoms with van der Waals surface area (Å²) in [6.07, 6.45) is 3.99. The first kappa shape index (κ1) is 18.2. The third-order valence-electron chi connectivity index (χ3n) is 5.06. The van der Waals surface area contributed by atoms with Crippen LogP contribution in [-0.2, 0) is 5.41 Å². The fourth-order valence-corrected chi connectivity index (χ4v) is 5.47. The molecule has 4 rings (SSSR count). The van der Waals surface area contributed by atoms with Gasteiger partial charge in [0.05, 0.1) is 0 Å². The number of aromatic nitrogens is 2. The summed E-state index contributed by atoms with van der Waals surface area (Å²) < 4.78 is 7.71. The van der Waals surface area contributed by atoms with E-state index in [2.05, 4.69) is 85.6 Å². The maximum absolute atomic E-state index is 6.30. The van der Waals surface area contributed by atoms with Crippen molar-refractivity contribution < 1.29 is 4.42 Å². The van der Waals surface area contributed by atoms with Crippen LogP contribution in [0.3, 0.4) is 0 Å². The summed E-state index contributed by atoms with van der Waals surface area (Å²) >= 11 is -1.86. The molecule has 3 heterocycles. The Balaban J connectivity index is 1.89. The van der Waals surface area contributed by atoms with Gasteiger partial charge in [-0.25, -0.2) is 0 Å². The summed E-state index contributed by atoms with van der Waals surface area (Å²) in [6.45, 7) is 6.50. The first-order valence-corrected chi connectivity index (χ1v) is 16.8. The second-order valence-corrected chi connectivity index (χ2v) is 19.9. The van der Waals surface area contributed by atoms with Crippen molar-refractivity contribution >= 4 is 39.6 Å². The zero-order chi connectivity index (χ0) is 19.4. The molecule has 138 valence electrons. The van der Waals surface area contributed by atoms with Crippen molar-refractivity contribution in [3.63, 3.8) is 0 Å². The van der Waals surface area contributed by atoms with Crippen LogP contribution < -0.4 is 4.40 Å². The van der Waals surface area contributed by atoms with Crippen LogP contribution in [0.25, 0.3) is 33.2 Å². The molecular weight excluding hydrogens is 393 g/mol. The zero-order valence-corrected chi connectivity index (χ0v) is 19.0. The fraction of sp³-hybridized carbons (Fsp3) is 0.304. The Kier molecular flexibility index (Phi) is 4.19. The summed E-state index contributed by atoms with van der Waals surface area (Å²) in [6, 6.07) is 12.7. The standard InChI is InChI=1S/C23H26GeN2O/c1-23(2,3)21-12-20-18(14-26-21)16-8-7-9-17(22(16)27-20)19-11-10-15(13-25-19)24(4,5)6/h7-14H,1-6H3. The van der Waals surface area contributed by atoms with Gasteiger partial charge in [-0.1, -0.05) is 0 Å². The Morgan fingerprint density at radius 2 is 1.67 bits per heavy atom. The van der Waals surface area contributed by atoms with Gasteiger partial charge >= 0.3 is 163 Å². The van der Waals surface area contributed by atoms with Gasteiger partial charge in [0.25, 0.3) is 0 Å². The van der Waals surface area contributed by atoms with Crippen LogP contribution in [0.5, 0.6) is 0 Å². The normalized spacial score (nSPS) is 12.8. The molecule has 1 aromatic carbocycles. The van der Waals surface area contributed by atoms with Gasteiger partial charge in [-0.15, -0.1) is 0 Å². The number of para-hydroxylation sites is 1. The number of hydrogen-bond acceptors (Lipinski definition) is 3. The van der Waals surface area contributed by atoms with Gasteiger partial charge < -0.3 is 0 Å². The Morgan fingerprint density at radius 1 is 0.889 bits per heavy atom. The molecule has 0 saturated heterocycles. The van der Waals surface area contributed by atoms with Gasteiger partial charge in [-0.05, 0) is 0 Å². The molecule has 0 aliphatic carbocycles. The molecule has 0 aliphatic rings. The molecule has 0 fully saturated rings. The van der Waals surface area contributed by atoms with E-state index in [1.807, 2.05) is 6.20 Å². The number of fused-ring (bicyclic) bond motifs is 3. The molecule has 3 aromatic heterocycles. The van der Waals surface area contributed by atoms with Crippen LogP contribution in [0, 0.1) is 0 Å². The van der Waals surface area contributed by atoms with Crippen LogP contribution in [0.15, 0.2) is 53.2 Å². The summed E-state index contributed by atoms with van der Waals surface area (Å²) in [5, 5.41) is 2.15. The van der Waals surface area contributed by atoms with E-state index < -0.39 is 13.3 Å². The van der Waals surface area contributed by atoms with Crippen molar-refractivity contribution in [2.45, 2.75) is 43.5 Å². The quantitative estimate of drug-likeness (QED) is 0.381. The molecule has 0 N–H and O–H groups in total. The first-order valence-electron chi connectivity index (χ1n) is 9.43. The zero-order valence-electron chi connectivity index (χ0n) is 16.9. The molecule has 4 aromatic rings. The van der Waals surface area contributed by atoms with Gasteiger partial charge in [0.2, 0.25) is 0 Å². The van der Waals surface area contributed by atoms with E-state index in [0.29, 0.717) is 0 Å². The van der Waals surface area contributed by atoms with Crippen LogP contribution >= 0.6 is 0 Å². The summed E-state index contributed by atoms with van der Waals surface area (Å²) in [4.78, 5) is 9.44. The molecule has 0 bridgehead atoms. The van der Waals surface area contributed by atoms with Crippen LogP contribution in [0.4, 0.5) is 0 Å². The Labute approximate surface area is 163 Å². The SMILES string of the molecule is CC(C)(C)c1cc2oc3c(-c4cc[c]([Ge]([CH3])([CH3])[CH3])cn4)cccc3c2cn1. The predicted molar refractivity (Wildman–Crippen MR) is 116 cm³/mol. The molecule has 0 unspecified atom stereocenters. The van der Waals surface area contributed by atoms with E-state index in [1.165, 1.54) is 4.40 Å². The van der Waals surface area contributed by atoms with E-state index in [0.717, 1.165) is 38.9 Å². The Bertz CT molecular complexity index is 1130. The van der Waals surface area contributed by atoms with E-state index in [-0.39, 0.29) is 5.41 Å². The van der Waals surface area contributed by atoms with Crippen molar-refractivity contribution in [3.05, 3.63) is 54.5 Å². The molecule has 0 radical (unpaired) electrons. The van der Waals surface area contributed by atoms with Gasteiger partial charge in [-0.3, -0.25) is 0 Å². The molecule has 4 heteroatoms. The van der Waals surface area contributed by atoms with Crippen LogP contribution in [-0.4, -0.2) is 23.2 Å². The minimum absolute atomic E-state index is 0.00835. The van der Waals surface area contributed by atoms with Gasteiger partial charge in [-0.2, -0.15) is 0 Å². The second-order valence-electron chi connectivity index (χ2n) is 9.28. The number of hydrogen-bond donors (Lipinski definition) is 0. The average molecular weight is 419 g/mol. The number of furan rings is 1. The number of pyridine rings is 2. The van der Waals surface area contributed by atoms with Gasteiger partial charge in [0, 0.05) is 0 Å². The van der Waals surface area contributed by atoms with Gasteiger partial charge in [0.15, 0.2) is 0 Å². The first-order chi connectivity index (χ1) is 12.6. The third-order valence-corrected chi connectivity index (χ3v) is 9.31. The van der Waals surface area contributed by atoms with E-state index >= 15 is 0 Å². The Morgan fingerprint density at radius 3 is 2.30 bits per heavy atom. The number of benzene rings is 1. The fourth-order valence-electron chi connectivity index (χ4n) is 3.30. The molecule has 0 atom stereocenters. The Hall–Kier alpha value is -2.14. The minimum atomic E-state index is -1.86. The average Bonchev–Trinajstić information content (AvgIpc) is 2.98. The molecule has 27 heavy (non-hydrogen) atoms. The molecular formula is C23H26GeN2O. The van der Waals surface area contributed by atoms with Crippen molar-refractivity contribution in [1.82, 2.24) is 9.97 Å². The van der Waals surface area contributed by atoms with E-state index in [4.69, 9.17) is 9.40 Å². The molecule has 0 amide bonds. The maximum atomic E-state index is 6.30. The van der Waals surface area contributed by atoms with E-state index in [1.54, 1.807) is 0 Å². The van der Waals surface area contributed by atoms with Crippen molar-refractivity contribution in [2.75, 3.05) is 0 Å². The summed E-state index contributed by atoms with van der Waals surface area (Å²) in [7, 11) is 0. The van der Waals surface area contributed by atoms with Gasteiger partial charge in [0.1, 0.15) is 0 Å². The number of rotatable bonds is 2. The third kappa shape index (κ3) is 3.29. The van der Waals surface area contributed by atoms with Crippen molar-refractivity contribution in [1.29, 1.82) is 0 Å². The van der Waals surface area contributed by atoms with Crippen LogP contribution in [0.1, 0.15) is 26.5 Å². The molecule has 3 nitrogen and oxygen atoms in total. The second kappa shape index (κ2) is 6.20. The predicted octanol–water partition coefficient (Wildman–Crippen LogP) is 5.89. The van der Waals surface area contributed by atoms with Crippen molar-refractivity contribution in [3.8, 4) is 11.3 Å². The summed E-state index contributed by atoms with van der Waals surface area (Å²) in [5.41, 5.74) is 4.80. The van der Waals surface area contributed by atoms with Crippen LogP contribution in [0.2, 0.25) is 17.3 Å². The molecule has 0 aliphatic heterocycles. The molecule has 0 saturated carbocycles. The van der Waals surface area contributed by atoms with Crippen molar-refractivity contribution in [2.24, 2.45) is 0 Å². The topological polar surface area (TPSA) is 38.9 Å². The summed E-state index contributed by atoms with van der Waals surface area (Å²) in [5.74, 6) is 7.16.